The Morgan fingerprint density at radius 2 is 0.537 bits per heavy atom. The summed E-state index contributed by atoms with van der Waals surface area (Å²) in [5.41, 5.74) is -7.81. The van der Waals surface area contributed by atoms with Crippen molar-refractivity contribution in [2.24, 2.45) is 0 Å². The summed E-state index contributed by atoms with van der Waals surface area (Å²) in [6, 6.07) is 0. The molecule has 1 nitrogen and oxygen atoms in total. The summed E-state index contributed by atoms with van der Waals surface area (Å²) in [5, 5.41) is 9.86. The first-order valence-electron chi connectivity index (χ1n) is 11.4. The average Bonchev–Trinajstić information content (AvgIpc) is 2.95. The number of hydrogen-bond donors (Lipinski definition) is 1. The minimum absolute atomic E-state index is 0.631. The van der Waals surface area contributed by atoms with Gasteiger partial charge in [0.05, 0.1) is 6.10 Å². The third-order valence-corrected chi connectivity index (χ3v) is 7.55. The van der Waals surface area contributed by atoms with E-state index in [9.17, 15) is 44.6 Å². The summed E-state index contributed by atoms with van der Waals surface area (Å²) in [6.45, 7) is 0. The number of hydrogen-bond acceptors (Lipinski definition) is 1. The molecule has 1 fully saturated rings. The van der Waals surface area contributed by atoms with Crippen LogP contribution in [0.15, 0.2) is 0 Å². The Balaban J connectivity index is 2.45. The van der Waals surface area contributed by atoms with E-state index in [1.165, 1.54) is 0 Å². The topological polar surface area (TPSA) is 20.2 Å². The van der Waals surface area contributed by atoms with E-state index in [0.717, 1.165) is 0 Å². The molecule has 0 bridgehead atoms. The molecule has 4 rings (SSSR count). The fraction of sp³-hybridized carbons (Fsp3) is 0.250. The van der Waals surface area contributed by atoms with E-state index in [4.69, 9.17) is 0 Å². The van der Waals surface area contributed by atoms with Gasteiger partial charge < -0.3 is 5.11 Å². The van der Waals surface area contributed by atoms with Gasteiger partial charge in [0.1, 0.15) is 41.0 Å². The molecule has 3 aromatic carbocycles. The van der Waals surface area contributed by atoms with E-state index >= 15 is 26.3 Å². The first kappa shape index (κ1) is 30.6. The van der Waals surface area contributed by atoms with Gasteiger partial charge in [0.25, 0.3) is 0 Å². The van der Waals surface area contributed by atoms with Crippen molar-refractivity contribution in [3.8, 4) is 0 Å². The highest BCUT2D eigenvalue weighted by atomic mass is 19.2. The Labute approximate surface area is 219 Å². The van der Waals surface area contributed by atoms with Gasteiger partial charge in [-0.3, -0.25) is 0 Å². The Morgan fingerprint density at radius 1 is 0.341 bits per heavy atom. The fourth-order valence-electron chi connectivity index (χ4n) is 5.81. The molecule has 0 amide bonds. The zero-order valence-electron chi connectivity index (χ0n) is 19.7. The van der Waals surface area contributed by atoms with Gasteiger partial charge in [-0.1, -0.05) is 12.8 Å². The lowest BCUT2D eigenvalue weighted by molar-refractivity contribution is 0.129. The number of aliphatic hydroxyl groups excluding tert-OH is 1. The molecule has 222 valence electrons. The highest BCUT2D eigenvalue weighted by molar-refractivity contribution is 7.12. The van der Waals surface area contributed by atoms with Crippen molar-refractivity contribution in [1.82, 2.24) is 0 Å². The van der Waals surface area contributed by atoms with Crippen molar-refractivity contribution in [3.05, 3.63) is 87.3 Å². The first-order valence-corrected chi connectivity index (χ1v) is 11.4. The van der Waals surface area contributed by atoms with Gasteiger partial charge in [-0.05, 0) is 12.8 Å². The maximum Gasteiger partial charge on any atom is 0.200 e. The van der Waals surface area contributed by atoms with E-state index in [1.807, 2.05) is 0 Å². The Morgan fingerprint density at radius 3 is 0.756 bits per heavy atom. The van der Waals surface area contributed by atoms with E-state index < -0.39 is 147 Å². The van der Waals surface area contributed by atoms with Crippen molar-refractivity contribution >= 4 is 22.5 Å². The van der Waals surface area contributed by atoms with Crippen LogP contribution in [-0.4, -0.2) is 17.4 Å². The van der Waals surface area contributed by atoms with Crippen molar-refractivity contribution in [2.75, 3.05) is 0 Å². The minimum Gasteiger partial charge on any atom is -0.393 e. The van der Waals surface area contributed by atoms with E-state index in [2.05, 4.69) is 0 Å². The highest BCUT2D eigenvalue weighted by Gasteiger charge is 2.52. The summed E-state index contributed by atoms with van der Waals surface area (Å²) in [5.74, 6) is -47.5. The SMILES string of the molecule is OC1CCC([B-](c2c(F)c(F)c(F)c(F)c2F)(c2c(F)c(F)c(F)c(F)c2F)c2c(F)c(F)c(F)c(F)c2F)CC1. The van der Waals surface area contributed by atoms with Crippen LogP contribution in [0.4, 0.5) is 65.9 Å². The van der Waals surface area contributed by atoms with Crippen LogP contribution in [-0.2, 0) is 0 Å². The summed E-state index contributed by atoms with van der Waals surface area (Å²) in [6.07, 6.45) is -10.1. The number of aliphatic hydroxyl groups is 1. The quantitative estimate of drug-likeness (QED) is 0.178. The zero-order chi connectivity index (χ0) is 30.9. The van der Waals surface area contributed by atoms with Gasteiger partial charge in [0, 0.05) is 0 Å². The van der Waals surface area contributed by atoms with Crippen LogP contribution in [0.3, 0.4) is 0 Å². The van der Waals surface area contributed by atoms with Gasteiger partial charge in [-0.15, -0.1) is 16.4 Å². The molecule has 0 heterocycles. The van der Waals surface area contributed by atoms with Gasteiger partial charge in [-0.25, -0.2) is 65.9 Å². The molecule has 1 aliphatic carbocycles. The van der Waals surface area contributed by atoms with Crippen molar-refractivity contribution in [1.29, 1.82) is 0 Å². The van der Waals surface area contributed by atoms with Crippen molar-refractivity contribution < 1.29 is 71.0 Å². The van der Waals surface area contributed by atoms with Crippen LogP contribution in [0.25, 0.3) is 0 Å². The van der Waals surface area contributed by atoms with Gasteiger partial charge >= 0.3 is 0 Å². The van der Waals surface area contributed by atoms with E-state index in [1.54, 1.807) is 0 Å². The standard InChI is InChI=1S/C24H11BF15O/c26-10-7(11(27)17(33)22(38)16(10)32)25(5-1-3-6(41)4-2-5,8-12(28)18(34)23(39)19(35)13(8)29)9-14(30)20(36)24(40)21(37)15(9)31/h5-6,41H,1-4H2/q-1. The molecule has 1 saturated carbocycles. The fourth-order valence-corrected chi connectivity index (χ4v) is 5.81. The highest BCUT2D eigenvalue weighted by Crippen LogP contribution is 2.41. The molecule has 3 aromatic rings. The molecule has 0 atom stereocenters. The van der Waals surface area contributed by atoms with Crippen LogP contribution in [0, 0.1) is 87.3 Å². The smallest absolute Gasteiger partial charge is 0.200 e. The molecule has 0 saturated heterocycles. The molecule has 0 radical (unpaired) electrons. The van der Waals surface area contributed by atoms with Crippen LogP contribution in [0.2, 0.25) is 5.82 Å². The predicted molar refractivity (Wildman–Crippen MR) is 112 cm³/mol. The summed E-state index contributed by atoms with van der Waals surface area (Å²) < 4.78 is 221. The molecular weight excluding hydrogens is 600 g/mol. The van der Waals surface area contributed by atoms with Crippen molar-refractivity contribution in [3.63, 3.8) is 0 Å². The van der Waals surface area contributed by atoms with Crippen LogP contribution in [0.1, 0.15) is 25.7 Å². The molecule has 1 N–H and O–H groups in total. The largest absolute Gasteiger partial charge is 0.393 e. The van der Waals surface area contributed by atoms with Crippen molar-refractivity contribution in [2.45, 2.75) is 37.6 Å². The maximum atomic E-state index is 15.4. The lowest BCUT2D eigenvalue weighted by atomic mass is 9.09. The lowest BCUT2D eigenvalue weighted by Crippen LogP contribution is -2.75. The molecular formula is C24H11BF15O-. The number of halogens is 15. The summed E-state index contributed by atoms with van der Waals surface area (Å²) in [7, 11) is 0. The average molecular weight is 611 g/mol. The summed E-state index contributed by atoms with van der Waals surface area (Å²) in [4.78, 5) is 0. The van der Waals surface area contributed by atoms with Gasteiger partial charge in [0.2, 0.25) is 0 Å². The van der Waals surface area contributed by atoms with E-state index in [-0.39, 0.29) is 0 Å². The van der Waals surface area contributed by atoms with E-state index in [0.29, 0.717) is 0 Å². The number of benzene rings is 3. The summed E-state index contributed by atoms with van der Waals surface area (Å²) >= 11 is 0. The predicted octanol–water partition coefficient (Wildman–Crippen LogP) is 5.55. The van der Waals surface area contributed by atoms with Crippen LogP contribution < -0.4 is 16.4 Å². The van der Waals surface area contributed by atoms with Crippen LogP contribution in [0.5, 0.6) is 0 Å². The molecule has 1 aliphatic rings. The first-order chi connectivity index (χ1) is 19.0. The Bertz CT molecular complexity index is 1330. The monoisotopic (exact) mass is 611 g/mol. The second-order valence-electron chi connectivity index (χ2n) is 9.45. The second-order valence-corrected chi connectivity index (χ2v) is 9.45. The third-order valence-electron chi connectivity index (χ3n) is 7.55. The van der Waals surface area contributed by atoms with Gasteiger partial charge in [-0.2, -0.15) is 5.82 Å². The third kappa shape index (κ3) is 4.17. The molecule has 0 aliphatic heterocycles. The molecule has 41 heavy (non-hydrogen) atoms. The van der Waals surface area contributed by atoms with Gasteiger partial charge in [0.15, 0.2) is 52.4 Å². The molecule has 17 heteroatoms. The molecule has 0 aromatic heterocycles. The molecule has 0 spiro atoms. The second kappa shape index (κ2) is 10.5. The zero-order valence-corrected chi connectivity index (χ0v) is 19.7. The minimum atomic E-state index is -5.57. The Hall–Kier alpha value is -3.37. The lowest BCUT2D eigenvalue weighted by Gasteiger charge is -2.51. The normalized spacial score (nSPS) is 17.9. The Kier molecular flexibility index (Phi) is 7.82. The number of rotatable bonds is 4. The van der Waals surface area contributed by atoms with Crippen LogP contribution >= 0.6 is 0 Å². The maximum absolute atomic E-state index is 15.4. The molecule has 0 unspecified atom stereocenters.